The minimum absolute atomic E-state index is 0.489. The summed E-state index contributed by atoms with van der Waals surface area (Å²) >= 11 is 0. The van der Waals surface area contributed by atoms with Gasteiger partial charge in [-0.3, -0.25) is 5.14 Å². The largest absolute Gasteiger partial charge is 0.294 e. The fourth-order valence-electron chi connectivity index (χ4n) is 1.13. The number of hydrogen-bond donors (Lipinski definition) is 1. The second kappa shape index (κ2) is 2.28. The van der Waals surface area contributed by atoms with E-state index in [-0.39, 0.29) is 0 Å². The molecule has 0 radical (unpaired) electrons. The van der Waals surface area contributed by atoms with Crippen LogP contribution in [-0.2, 0) is 0 Å². The Morgan fingerprint density at radius 1 is 1.50 bits per heavy atom. The van der Waals surface area contributed by atoms with Crippen molar-refractivity contribution in [2.45, 2.75) is 19.8 Å². The lowest BCUT2D eigenvalue weighted by atomic mass is 10.5. The van der Waals surface area contributed by atoms with Crippen molar-refractivity contribution in [2.24, 2.45) is 5.14 Å². The molecule has 0 saturated carbocycles. The van der Waals surface area contributed by atoms with E-state index in [2.05, 4.69) is 6.92 Å². The predicted octanol–water partition coefficient (Wildman–Crippen LogP) is 1.48. The van der Waals surface area contributed by atoms with E-state index in [1.54, 1.807) is 0 Å². The first-order chi connectivity index (χ1) is 3.77. The van der Waals surface area contributed by atoms with Crippen molar-refractivity contribution in [1.29, 1.82) is 0 Å². The van der Waals surface area contributed by atoms with Crippen LogP contribution >= 0.6 is 10.2 Å². The Morgan fingerprint density at radius 2 is 2.12 bits per heavy atom. The molecule has 0 unspecified atom stereocenters. The lowest BCUT2D eigenvalue weighted by molar-refractivity contribution is 0.976. The maximum Gasteiger partial charge on any atom is -0.0104 e. The Bertz CT molecular complexity index is 78.6. The van der Waals surface area contributed by atoms with E-state index in [9.17, 15) is 0 Å². The summed E-state index contributed by atoms with van der Waals surface area (Å²) in [7, 11) is -0.489. The molecule has 0 aromatic rings. The third kappa shape index (κ3) is 1.17. The zero-order chi connectivity index (χ0) is 6.04. The highest BCUT2D eigenvalue weighted by molar-refractivity contribution is 8.32. The molecular formula is C6H15NS. The van der Waals surface area contributed by atoms with Crippen LogP contribution in [0.1, 0.15) is 19.8 Å². The molecule has 0 aromatic heterocycles. The molecule has 1 rings (SSSR count). The minimum Gasteiger partial charge on any atom is -0.294 e. The summed E-state index contributed by atoms with van der Waals surface area (Å²) in [5.41, 5.74) is 0. The van der Waals surface area contributed by atoms with Crippen LogP contribution in [-0.4, -0.2) is 17.3 Å². The minimum atomic E-state index is -0.489. The molecule has 8 heavy (non-hydrogen) atoms. The Labute approximate surface area is 53.1 Å². The van der Waals surface area contributed by atoms with Crippen LogP contribution in [0.3, 0.4) is 0 Å². The van der Waals surface area contributed by atoms with Gasteiger partial charge in [0.2, 0.25) is 0 Å². The number of rotatable bonds is 2. The van der Waals surface area contributed by atoms with Gasteiger partial charge in [0, 0.05) is 0 Å². The molecule has 0 atom stereocenters. The molecule has 2 N–H and O–H groups in total. The van der Waals surface area contributed by atoms with Crippen molar-refractivity contribution < 1.29 is 0 Å². The van der Waals surface area contributed by atoms with Crippen molar-refractivity contribution in [3.63, 3.8) is 0 Å². The summed E-state index contributed by atoms with van der Waals surface area (Å²) < 4.78 is 0. The van der Waals surface area contributed by atoms with Crippen molar-refractivity contribution >= 4 is 10.2 Å². The van der Waals surface area contributed by atoms with Crippen molar-refractivity contribution in [2.75, 3.05) is 17.3 Å². The van der Waals surface area contributed by atoms with Gasteiger partial charge >= 0.3 is 0 Å². The molecule has 1 saturated heterocycles. The van der Waals surface area contributed by atoms with Gasteiger partial charge in [-0.25, -0.2) is 0 Å². The highest BCUT2D eigenvalue weighted by atomic mass is 32.3. The van der Waals surface area contributed by atoms with Crippen LogP contribution in [0.4, 0.5) is 0 Å². The fourth-order valence-corrected chi connectivity index (χ4v) is 3.38. The van der Waals surface area contributed by atoms with Gasteiger partial charge < -0.3 is 0 Å². The summed E-state index contributed by atoms with van der Waals surface area (Å²) in [6.07, 6.45) is 2.68. The second-order valence-corrected chi connectivity index (χ2v) is 6.03. The van der Waals surface area contributed by atoms with Gasteiger partial charge in [-0.15, -0.1) is 0 Å². The number of hydrogen-bond acceptors (Lipinski definition) is 1. The van der Waals surface area contributed by atoms with E-state index in [1.807, 2.05) is 0 Å². The van der Waals surface area contributed by atoms with E-state index in [4.69, 9.17) is 5.14 Å². The van der Waals surface area contributed by atoms with Crippen molar-refractivity contribution in [3.05, 3.63) is 0 Å². The topological polar surface area (TPSA) is 26.0 Å². The first-order valence-corrected chi connectivity index (χ1v) is 5.51. The molecule has 1 aliphatic rings. The van der Waals surface area contributed by atoms with Crippen LogP contribution < -0.4 is 5.14 Å². The van der Waals surface area contributed by atoms with Gasteiger partial charge in [0.25, 0.3) is 0 Å². The smallest absolute Gasteiger partial charge is 0.0104 e. The highest BCUT2D eigenvalue weighted by Gasteiger charge is 2.24. The van der Waals surface area contributed by atoms with E-state index in [0.717, 1.165) is 0 Å². The van der Waals surface area contributed by atoms with Crippen molar-refractivity contribution in [1.82, 2.24) is 0 Å². The standard InChI is InChI=1S/C6H15NS/c1-2-4-8(7)5-3-6-8/h2-7H2,1H3. The molecule has 0 bridgehead atoms. The average Bonchev–Trinajstić information content (AvgIpc) is 1.64. The second-order valence-electron chi connectivity index (χ2n) is 2.58. The molecule has 50 valence electrons. The van der Waals surface area contributed by atoms with Crippen LogP contribution in [0.2, 0.25) is 0 Å². The number of nitrogens with two attached hydrogens (primary N) is 1. The first kappa shape index (κ1) is 6.43. The molecule has 0 aromatic carbocycles. The molecule has 0 spiro atoms. The van der Waals surface area contributed by atoms with E-state index < -0.39 is 10.2 Å². The zero-order valence-corrected chi connectivity index (χ0v) is 6.34. The molecule has 2 heteroatoms. The summed E-state index contributed by atoms with van der Waals surface area (Å²) in [6, 6.07) is 0. The van der Waals surface area contributed by atoms with Crippen LogP contribution in [0.5, 0.6) is 0 Å². The Kier molecular flexibility index (Phi) is 1.83. The van der Waals surface area contributed by atoms with E-state index in [0.29, 0.717) is 0 Å². The van der Waals surface area contributed by atoms with Gasteiger partial charge in [0.05, 0.1) is 0 Å². The van der Waals surface area contributed by atoms with E-state index in [1.165, 1.54) is 30.1 Å². The Balaban J connectivity index is 2.20. The molecule has 0 amide bonds. The monoisotopic (exact) mass is 133 g/mol. The lowest BCUT2D eigenvalue weighted by Crippen LogP contribution is -2.30. The molecule has 1 heterocycles. The van der Waals surface area contributed by atoms with E-state index >= 15 is 0 Å². The summed E-state index contributed by atoms with van der Waals surface area (Å²) in [4.78, 5) is 0. The van der Waals surface area contributed by atoms with Gasteiger partial charge in [0.15, 0.2) is 0 Å². The highest BCUT2D eigenvalue weighted by Crippen LogP contribution is 2.49. The SMILES string of the molecule is CCCS1(N)CCC1. The van der Waals surface area contributed by atoms with Gasteiger partial charge in [-0.2, -0.15) is 10.2 Å². The van der Waals surface area contributed by atoms with Crippen LogP contribution in [0, 0.1) is 0 Å². The zero-order valence-electron chi connectivity index (χ0n) is 5.52. The third-order valence-electron chi connectivity index (χ3n) is 1.71. The predicted molar refractivity (Wildman–Crippen MR) is 41.3 cm³/mol. The van der Waals surface area contributed by atoms with Crippen molar-refractivity contribution in [3.8, 4) is 0 Å². The molecule has 0 aliphatic carbocycles. The van der Waals surface area contributed by atoms with Gasteiger partial charge in [-0.05, 0) is 30.1 Å². The maximum absolute atomic E-state index is 6.00. The maximum atomic E-state index is 6.00. The Hall–Kier alpha value is 0.310. The summed E-state index contributed by atoms with van der Waals surface area (Å²) in [5.74, 6) is 4.01. The summed E-state index contributed by atoms with van der Waals surface area (Å²) in [5, 5.41) is 6.00. The van der Waals surface area contributed by atoms with Crippen LogP contribution in [0.15, 0.2) is 0 Å². The third-order valence-corrected chi connectivity index (χ3v) is 5.14. The average molecular weight is 133 g/mol. The van der Waals surface area contributed by atoms with Crippen LogP contribution in [0.25, 0.3) is 0 Å². The molecule has 1 aliphatic heterocycles. The quantitative estimate of drug-likeness (QED) is 0.606. The molecule has 1 nitrogen and oxygen atoms in total. The fraction of sp³-hybridized carbons (Fsp3) is 1.00. The molecule has 1 fully saturated rings. The van der Waals surface area contributed by atoms with Gasteiger partial charge in [-0.1, -0.05) is 6.92 Å². The van der Waals surface area contributed by atoms with Gasteiger partial charge in [0.1, 0.15) is 0 Å². The molecular weight excluding hydrogens is 118 g/mol. The first-order valence-electron chi connectivity index (χ1n) is 3.31. The normalized spacial score (nSPS) is 28.8. The summed E-state index contributed by atoms with van der Waals surface area (Å²) in [6.45, 7) is 2.22. The Morgan fingerprint density at radius 3 is 2.25 bits per heavy atom. The lowest BCUT2D eigenvalue weighted by Gasteiger charge is -2.44.